The van der Waals surface area contributed by atoms with Crippen molar-refractivity contribution in [3.63, 3.8) is 0 Å². The molecular formula is C22H22Cl2N2O3S. The number of carbonyl (C=O) groups excluding carboxylic acids is 2. The van der Waals surface area contributed by atoms with E-state index in [9.17, 15) is 9.59 Å². The van der Waals surface area contributed by atoms with Crippen molar-refractivity contribution < 1.29 is 14.3 Å². The van der Waals surface area contributed by atoms with E-state index in [0.29, 0.717) is 53.8 Å². The van der Waals surface area contributed by atoms with Crippen LogP contribution in [-0.2, 0) is 4.79 Å². The van der Waals surface area contributed by atoms with Gasteiger partial charge in [0.1, 0.15) is 5.75 Å². The topological polar surface area (TPSA) is 49.9 Å². The molecule has 1 saturated heterocycles. The Bertz CT molecular complexity index is 977. The number of rotatable bonds is 3. The Morgan fingerprint density at radius 1 is 1.03 bits per heavy atom. The minimum absolute atomic E-state index is 0.106. The zero-order chi connectivity index (χ0) is 21.3. The standard InChI is InChI=1S/C22H22Cl2N2O3S/c1-29-19-4-2-15(23)12-17(19)22(28)25-8-6-14(7-9-25)21(27)26-10-11-30-20-5-3-16(24)13-18(20)26/h2-5,12-14H,6-11H2,1H3. The van der Waals surface area contributed by atoms with Gasteiger partial charge in [-0.3, -0.25) is 9.59 Å². The summed E-state index contributed by atoms with van der Waals surface area (Å²) in [5, 5.41) is 1.12. The Kier molecular flexibility index (Phi) is 6.46. The molecule has 2 aliphatic heterocycles. The van der Waals surface area contributed by atoms with E-state index in [1.165, 1.54) is 7.11 Å². The van der Waals surface area contributed by atoms with E-state index in [0.717, 1.165) is 16.3 Å². The number of nitrogens with zero attached hydrogens (tertiary/aromatic N) is 2. The largest absolute Gasteiger partial charge is 0.496 e. The highest BCUT2D eigenvalue weighted by Gasteiger charge is 2.33. The number of anilines is 1. The summed E-state index contributed by atoms with van der Waals surface area (Å²) in [6.45, 7) is 1.72. The average Bonchev–Trinajstić information content (AvgIpc) is 2.77. The molecule has 0 aromatic heterocycles. The van der Waals surface area contributed by atoms with Crippen LogP contribution in [0, 0.1) is 5.92 Å². The number of halogens is 2. The fourth-order valence-corrected chi connectivity index (χ4v) is 5.30. The number of benzene rings is 2. The maximum Gasteiger partial charge on any atom is 0.257 e. The van der Waals surface area contributed by atoms with Crippen molar-refractivity contribution >= 4 is 52.5 Å². The molecule has 2 aromatic carbocycles. The van der Waals surface area contributed by atoms with Crippen LogP contribution in [0.4, 0.5) is 5.69 Å². The molecule has 0 unspecified atom stereocenters. The van der Waals surface area contributed by atoms with Crippen LogP contribution in [0.5, 0.6) is 5.75 Å². The summed E-state index contributed by atoms with van der Waals surface area (Å²) in [7, 11) is 1.53. The first-order valence-electron chi connectivity index (χ1n) is 9.84. The van der Waals surface area contributed by atoms with Crippen LogP contribution in [0.2, 0.25) is 10.0 Å². The van der Waals surface area contributed by atoms with Gasteiger partial charge in [-0.15, -0.1) is 11.8 Å². The van der Waals surface area contributed by atoms with Crippen LogP contribution < -0.4 is 9.64 Å². The van der Waals surface area contributed by atoms with Crippen molar-refractivity contribution in [2.45, 2.75) is 17.7 Å². The molecule has 0 saturated carbocycles. The highest BCUT2D eigenvalue weighted by atomic mass is 35.5. The number of carbonyl (C=O) groups is 2. The second-order valence-corrected chi connectivity index (χ2v) is 9.37. The van der Waals surface area contributed by atoms with Crippen LogP contribution in [0.25, 0.3) is 0 Å². The van der Waals surface area contributed by atoms with Gasteiger partial charge < -0.3 is 14.5 Å². The van der Waals surface area contributed by atoms with E-state index in [-0.39, 0.29) is 17.7 Å². The SMILES string of the molecule is COc1ccc(Cl)cc1C(=O)N1CCC(C(=O)N2CCSc3ccc(Cl)cc32)CC1. The van der Waals surface area contributed by atoms with Gasteiger partial charge in [-0.05, 0) is 49.2 Å². The Balaban J connectivity index is 1.44. The van der Waals surface area contributed by atoms with Crippen LogP contribution >= 0.6 is 35.0 Å². The van der Waals surface area contributed by atoms with Gasteiger partial charge in [0.2, 0.25) is 5.91 Å². The van der Waals surface area contributed by atoms with Crippen molar-refractivity contribution in [1.82, 2.24) is 4.90 Å². The number of methoxy groups -OCH3 is 1. The minimum Gasteiger partial charge on any atom is -0.496 e. The number of fused-ring (bicyclic) bond motifs is 1. The molecule has 0 aliphatic carbocycles. The molecular weight excluding hydrogens is 443 g/mol. The monoisotopic (exact) mass is 464 g/mol. The van der Waals surface area contributed by atoms with Gasteiger partial charge in [0.25, 0.3) is 5.91 Å². The normalized spacial score (nSPS) is 16.9. The molecule has 158 valence electrons. The maximum absolute atomic E-state index is 13.3. The maximum atomic E-state index is 13.3. The number of thioether (sulfide) groups is 1. The first kappa shape index (κ1) is 21.3. The number of hydrogen-bond acceptors (Lipinski definition) is 4. The third-order valence-electron chi connectivity index (χ3n) is 5.57. The van der Waals surface area contributed by atoms with Gasteiger partial charge >= 0.3 is 0 Å². The van der Waals surface area contributed by atoms with Crippen molar-refractivity contribution in [1.29, 1.82) is 0 Å². The minimum atomic E-state index is -0.119. The second kappa shape index (κ2) is 9.08. The average molecular weight is 465 g/mol. The molecule has 2 heterocycles. The Labute approximate surface area is 190 Å². The predicted octanol–water partition coefficient (Wildman–Crippen LogP) is 4.99. The van der Waals surface area contributed by atoms with Crippen LogP contribution in [-0.4, -0.2) is 49.2 Å². The fraction of sp³-hybridized carbons (Fsp3) is 0.364. The molecule has 2 aromatic rings. The van der Waals surface area contributed by atoms with E-state index in [4.69, 9.17) is 27.9 Å². The van der Waals surface area contributed by atoms with Gasteiger partial charge in [0.15, 0.2) is 0 Å². The molecule has 5 nitrogen and oxygen atoms in total. The second-order valence-electron chi connectivity index (χ2n) is 7.36. The number of ether oxygens (including phenoxy) is 1. The van der Waals surface area contributed by atoms with Crippen LogP contribution in [0.15, 0.2) is 41.3 Å². The number of piperidine rings is 1. The molecule has 0 radical (unpaired) electrons. The van der Waals surface area contributed by atoms with Crippen molar-refractivity contribution in [3.05, 3.63) is 52.0 Å². The summed E-state index contributed by atoms with van der Waals surface area (Å²) in [6.07, 6.45) is 1.26. The van der Waals surface area contributed by atoms with Crippen molar-refractivity contribution in [3.8, 4) is 5.75 Å². The highest BCUT2D eigenvalue weighted by Crippen LogP contribution is 2.38. The smallest absolute Gasteiger partial charge is 0.257 e. The number of hydrogen-bond donors (Lipinski definition) is 0. The van der Waals surface area contributed by atoms with E-state index in [1.54, 1.807) is 34.9 Å². The number of likely N-dealkylation sites (tertiary alicyclic amines) is 1. The lowest BCUT2D eigenvalue weighted by atomic mass is 9.94. The molecule has 30 heavy (non-hydrogen) atoms. The molecule has 4 rings (SSSR count). The van der Waals surface area contributed by atoms with Crippen molar-refractivity contribution in [2.75, 3.05) is 37.4 Å². The third kappa shape index (κ3) is 4.27. The highest BCUT2D eigenvalue weighted by molar-refractivity contribution is 7.99. The van der Waals surface area contributed by atoms with E-state index in [1.807, 2.05) is 23.1 Å². The van der Waals surface area contributed by atoms with Gasteiger partial charge in [-0.2, -0.15) is 0 Å². The zero-order valence-electron chi connectivity index (χ0n) is 16.6. The Hall–Kier alpha value is -1.89. The molecule has 0 N–H and O–H groups in total. The summed E-state index contributed by atoms with van der Waals surface area (Å²) in [5.74, 6) is 1.26. The van der Waals surface area contributed by atoms with Gasteiger partial charge in [0.05, 0.1) is 18.4 Å². The molecule has 0 atom stereocenters. The molecule has 0 spiro atoms. The Morgan fingerprint density at radius 2 is 1.73 bits per heavy atom. The van der Waals surface area contributed by atoms with E-state index >= 15 is 0 Å². The summed E-state index contributed by atoms with van der Waals surface area (Å²) in [5.41, 5.74) is 1.34. The van der Waals surface area contributed by atoms with E-state index < -0.39 is 0 Å². The summed E-state index contributed by atoms with van der Waals surface area (Å²) >= 11 is 14.0. The van der Waals surface area contributed by atoms with E-state index in [2.05, 4.69) is 0 Å². The lowest BCUT2D eigenvalue weighted by Gasteiger charge is -2.36. The predicted molar refractivity (Wildman–Crippen MR) is 121 cm³/mol. The van der Waals surface area contributed by atoms with Crippen LogP contribution in [0.1, 0.15) is 23.2 Å². The van der Waals surface area contributed by atoms with Crippen LogP contribution in [0.3, 0.4) is 0 Å². The van der Waals surface area contributed by atoms with Gasteiger partial charge in [-0.1, -0.05) is 23.2 Å². The summed E-state index contributed by atoms with van der Waals surface area (Å²) in [4.78, 5) is 31.0. The first-order valence-corrected chi connectivity index (χ1v) is 11.6. The molecule has 2 amide bonds. The molecule has 8 heteroatoms. The van der Waals surface area contributed by atoms with Crippen molar-refractivity contribution in [2.24, 2.45) is 5.92 Å². The number of amides is 2. The lowest BCUT2D eigenvalue weighted by Crippen LogP contribution is -2.46. The molecule has 0 bridgehead atoms. The third-order valence-corrected chi connectivity index (χ3v) is 7.09. The molecule has 2 aliphatic rings. The fourth-order valence-electron chi connectivity index (χ4n) is 3.99. The lowest BCUT2D eigenvalue weighted by molar-refractivity contribution is -0.123. The Morgan fingerprint density at radius 3 is 2.47 bits per heavy atom. The summed E-state index contributed by atoms with van der Waals surface area (Å²) < 4.78 is 5.31. The van der Waals surface area contributed by atoms with Gasteiger partial charge in [-0.25, -0.2) is 0 Å². The zero-order valence-corrected chi connectivity index (χ0v) is 18.9. The van der Waals surface area contributed by atoms with Gasteiger partial charge in [0, 0.05) is 46.2 Å². The summed E-state index contributed by atoms with van der Waals surface area (Å²) in [6, 6.07) is 10.7. The molecule has 1 fully saturated rings. The first-order chi connectivity index (χ1) is 14.5. The quantitative estimate of drug-likeness (QED) is 0.641.